The summed E-state index contributed by atoms with van der Waals surface area (Å²) >= 11 is 0. The van der Waals surface area contributed by atoms with Crippen LogP contribution in [0.2, 0.25) is 0 Å². The summed E-state index contributed by atoms with van der Waals surface area (Å²) in [5, 5.41) is 3.68. The Balaban J connectivity index is 3.14. The maximum absolute atomic E-state index is 8.32. The minimum Gasteiger partial charge on any atom is -0.0862 e. The number of benzene rings is 1. The van der Waals surface area contributed by atoms with E-state index >= 15 is 0 Å². The molecule has 13 heavy (non-hydrogen) atoms. The largest absolute Gasteiger partial charge is 0.0862 e. The first-order chi connectivity index (χ1) is 6.16. The Morgan fingerprint density at radius 1 is 1.38 bits per heavy atom. The Morgan fingerprint density at radius 3 is 2.69 bits per heavy atom. The molecule has 3 heteroatoms. The molecule has 1 rings (SSSR count). The molecule has 0 bridgehead atoms. The van der Waals surface area contributed by atoms with Gasteiger partial charge in [-0.1, -0.05) is 30.2 Å². The highest BCUT2D eigenvalue weighted by Gasteiger charge is 2.06. The Kier molecular flexibility index (Phi) is 2.93. The van der Waals surface area contributed by atoms with E-state index in [1.165, 1.54) is 11.1 Å². The highest BCUT2D eigenvalue weighted by molar-refractivity contribution is 5.35. The van der Waals surface area contributed by atoms with Crippen LogP contribution in [0.25, 0.3) is 10.4 Å². The molecular formula is C10H13N3. The van der Waals surface area contributed by atoms with Gasteiger partial charge in [-0.05, 0) is 36.1 Å². The third-order valence-electron chi connectivity index (χ3n) is 2.32. The molecule has 1 atom stereocenters. The smallest absolute Gasteiger partial charge is 0.0599 e. The fourth-order valence-electron chi connectivity index (χ4n) is 1.37. The van der Waals surface area contributed by atoms with Crippen LogP contribution in [-0.2, 0) is 0 Å². The normalized spacial score (nSPS) is 11.9. The Bertz CT molecular complexity index is 351. The molecule has 0 amide bonds. The van der Waals surface area contributed by atoms with E-state index in [-0.39, 0.29) is 6.04 Å². The van der Waals surface area contributed by atoms with Gasteiger partial charge in [0.2, 0.25) is 0 Å². The van der Waals surface area contributed by atoms with Crippen LogP contribution in [0.15, 0.2) is 23.3 Å². The molecule has 0 saturated carbocycles. The van der Waals surface area contributed by atoms with Crippen molar-refractivity contribution < 1.29 is 0 Å². The lowest BCUT2D eigenvalue weighted by Gasteiger charge is -2.10. The fourth-order valence-corrected chi connectivity index (χ4v) is 1.37. The van der Waals surface area contributed by atoms with Gasteiger partial charge in [0, 0.05) is 4.91 Å². The summed E-state index contributed by atoms with van der Waals surface area (Å²) in [6, 6.07) is 5.97. The molecule has 0 aromatic heterocycles. The number of hydrogen-bond donors (Lipinski definition) is 0. The van der Waals surface area contributed by atoms with Gasteiger partial charge in [-0.3, -0.25) is 0 Å². The molecule has 1 aromatic carbocycles. The predicted molar refractivity (Wildman–Crippen MR) is 53.5 cm³/mol. The molecule has 0 aliphatic rings. The Labute approximate surface area is 78.0 Å². The van der Waals surface area contributed by atoms with Crippen LogP contribution in [0.4, 0.5) is 0 Å². The van der Waals surface area contributed by atoms with Gasteiger partial charge >= 0.3 is 0 Å². The second kappa shape index (κ2) is 3.97. The molecule has 1 aromatic rings. The van der Waals surface area contributed by atoms with E-state index in [0.717, 1.165) is 5.56 Å². The average molecular weight is 175 g/mol. The third-order valence-corrected chi connectivity index (χ3v) is 2.32. The van der Waals surface area contributed by atoms with E-state index < -0.39 is 0 Å². The van der Waals surface area contributed by atoms with Crippen LogP contribution in [0.5, 0.6) is 0 Å². The topological polar surface area (TPSA) is 48.8 Å². The lowest BCUT2D eigenvalue weighted by Crippen LogP contribution is -1.94. The predicted octanol–water partition coefficient (Wildman–Crippen LogP) is 3.67. The van der Waals surface area contributed by atoms with Crippen molar-refractivity contribution in [2.45, 2.75) is 26.8 Å². The first-order valence-corrected chi connectivity index (χ1v) is 4.27. The van der Waals surface area contributed by atoms with Gasteiger partial charge in [0.05, 0.1) is 6.04 Å². The fraction of sp³-hybridized carbons (Fsp3) is 0.400. The molecule has 0 aliphatic heterocycles. The summed E-state index contributed by atoms with van der Waals surface area (Å²) in [7, 11) is 0. The molecule has 0 saturated heterocycles. The Morgan fingerprint density at radius 2 is 2.08 bits per heavy atom. The summed E-state index contributed by atoms with van der Waals surface area (Å²) in [4.78, 5) is 2.81. The molecular weight excluding hydrogens is 162 g/mol. The van der Waals surface area contributed by atoms with Crippen molar-refractivity contribution in [3.63, 3.8) is 0 Å². The van der Waals surface area contributed by atoms with Crippen molar-refractivity contribution in [3.05, 3.63) is 45.3 Å². The van der Waals surface area contributed by atoms with E-state index in [0.29, 0.717) is 0 Å². The second-order valence-electron chi connectivity index (χ2n) is 3.17. The number of azide groups is 1. The standard InChI is InChI=1S/C10H13N3/c1-7-5-4-6-10(8(7)2)9(3)12-13-11/h4-6,9H,1-3H3. The average Bonchev–Trinajstić information content (AvgIpc) is 2.10. The van der Waals surface area contributed by atoms with Crippen LogP contribution in [0.1, 0.15) is 29.7 Å². The SMILES string of the molecule is Cc1cccc(C(C)N=[N+]=[N-])c1C. The van der Waals surface area contributed by atoms with Crippen molar-refractivity contribution in [2.75, 3.05) is 0 Å². The summed E-state index contributed by atoms with van der Waals surface area (Å²) in [5.74, 6) is 0. The minimum atomic E-state index is -0.0788. The van der Waals surface area contributed by atoms with E-state index in [1.807, 2.05) is 26.0 Å². The molecule has 0 aliphatic carbocycles. The number of aryl methyl sites for hydroxylation is 1. The van der Waals surface area contributed by atoms with E-state index in [1.54, 1.807) is 0 Å². The molecule has 1 unspecified atom stereocenters. The van der Waals surface area contributed by atoms with E-state index in [2.05, 4.69) is 23.0 Å². The van der Waals surface area contributed by atoms with Crippen molar-refractivity contribution >= 4 is 0 Å². The van der Waals surface area contributed by atoms with Crippen molar-refractivity contribution in [3.8, 4) is 0 Å². The van der Waals surface area contributed by atoms with Gasteiger partial charge in [-0.2, -0.15) is 0 Å². The maximum Gasteiger partial charge on any atom is 0.0599 e. The monoisotopic (exact) mass is 175 g/mol. The molecule has 0 fully saturated rings. The Hall–Kier alpha value is -1.47. The van der Waals surface area contributed by atoms with Gasteiger partial charge in [0.15, 0.2) is 0 Å². The van der Waals surface area contributed by atoms with Gasteiger partial charge in [-0.15, -0.1) is 0 Å². The zero-order chi connectivity index (χ0) is 9.84. The van der Waals surface area contributed by atoms with Crippen LogP contribution in [-0.4, -0.2) is 0 Å². The maximum atomic E-state index is 8.32. The third kappa shape index (κ3) is 2.01. The van der Waals surface area contributed by atoms with Gasteiger partial charge in [0.1, 0.15) is 0 Å². The zero-order valence-corrected chi connectivity index (χ0v) is 8.15. The minimum absolute atomic E-state index is 0.0788. The first-order valence-electron chi connectivity index (χ1n) is 4.27. The lowest BCUT2D eigenvalue weighted by molar-refractivity contribution is 0.798. The highest BCUT2D eigenvalue weighted by atomic mass is 15.1. The van der Waals surface area contributed by atoms with Gasteiger partial charge < -0.3 is 0 Å². The quantitative estimate of drug-likeness (QED) is 0.374. The number of hydrogen-bond acceptors (Lipinski definition) is 1. The second-order valence-corrected chi connectivity index (χ2v) is 3.17. The first kappa shape index (κ1) is 9.62. The van der Waals surface area contributed by atoms with Crippen molar-refractivity contribution in [2.24, 2.45) is 5.11 Å². The molecule has 0 heterocycles. The summed E-state index contributed by atoms with van der Waals surface area (Å²) in [5.41, 5.74) is 11.9. The molecule has 0 spiro atoms. The zero-order valence-electron chi connectivity index (χ0n) is 8.15. The molecule has 0 radical (unpaired) electrons. The van der Waals surface area contributed by atoms with Crippen molar-refractivity contribution in [1.29, 1.82) is 0 Å². The summed E-state index contributed by atoms with van der Waals surface area (Å²) in [6.45, 7) is 6.01. The van der Waals surface area contributed by atoms with Crippen LogP contribution in [0, 0.1) is 13.8 Å². The van der Waals surface area contributed by atoms with Crippen LogP contribution >= 0.6 is 0 Å². The lowest BCUT2D eigenvalue weighted by atomic mass is 9.99. The molecule has 3 nitrogen and oxygen atoms in total. The molecule has 68 valence electrons. The summed E-state index contributed by atoms with van der Waals surface area (Å²) in [6.07, 6.45) is 0. The van der Waals surface area contributed by atoms with Crippen LogP contribution < -0.4 is 0 Å². The van der Waals surface area contributed by atoms with E-state index in [4.69, 9.17) is 5.53 Å². The number of nitrogens with zero attached hydrogens (tertiary/aromatic N) is 3. The van der Waals surface area contributed by atoms with E-state index in [9.17, 15) is 0 Å². The number of rotatable bonds is 2. The van der Waals surface area contributed by atoms with Gasteiger partial charge in [-0.25, -0.2) is 0 Å². The van der Waals surface area contributed by atoms with Crippen LogP contribution in [0.3, 0.4) is 0 Å². The highest BCUT2D eigenvalue weighted by Crippen LogP contribution is 2.22. The van der Waals surface area contributed by atoms with Crippen molar-refractivity contribution in [1.82, 2.24) is 0 Å². The molecule has 0 N–H and O–H groups in total. The van der Waals surface area contributed by atoms with Gasteiger partial charge in [0.25, 0.3) is 0 Å². The summed E-state index contributed by atoms with van der Waals surface area (Å²) < 4.78 is 0.